The molecule has 2 aliphatic rings. The summed E-state index contributed by atoms with van der Waals surface area (Å²) < 4.78 is 6.69. The van der Waals surface area contributed by atoms with Crippen molar-refractivity contribution in [1.82, 2.24) is 4.98 Å². The van der Waals surface area contributed by atoms with Crippen LogP contribution in [0.1, 0.15) is 21.9 Å². The van der Waals surface area contributed by atoms with Crippen molar-refractivity contribution in [2.24, 2.45) is 5.92 Å². The van der Waals surface area contributed by atoms with Crippen molar-refractivity contribution in [2.75, 3.05) is 16.8 Å². The number of nitrogens with one attached hydrogen (secondary N) is 2. The molecule has 0 saturated carbocycles. The Bertz CT molecular complexity index is 1730. The fourth-order valence-electron chi connectivity index (χ4n) is 5.08. The second kappa shape index (κ2) is 10.8. The van der Waals surface area contributed by atoms with Gasteiger partial charge in [-0.3, -0.25) is 19.2 Å². The molecule has 6 rings (SSSR count). The van der Waals surface area contributed by atoms with Crippen LogP contribution in [-0.4, -0.2) is 39.7 Å². The lowest BCUT2D eigenvalue weighted by molar-refractivity contribution is -0.122. The molecule has 0 bridgehead atoms. The SMILES string of the molecule is Cc1ccc(N2C(=O)C3Sc4[nH]c(=O)sc4[C@H](c4cc(Br)ccc4OCC(=O)Nc4ccc(O)cc4)C3C2=O)cc1. The predicted octanol–water partition coefficient (Wildman–Crippen LogP) is 5.03. The highest BCUT2D eigenvalue weighted by molar-refractivity contribution is 9.10. The summed E-state index contributed by atoms with van der Waals surface area (Å²) in [6.07, 6.45) is 0. The summed E-state index contributed by atoms with van der Waals surface area (Å²) in [6.45, 7) is 1.60. The van der Waals surface area contributed by atoms with Crippen molar-refractivity contribution in [3.63, 3.8) is 0 Å². The number of aryl methyl sites for hydroxylation is 1. The van der Waals surface area contributed by atoms with Gasteiger partial charge in [0.15, 0.2) is 6.61 Å². The van der Waals surface area contributed by atoms with E-state index in [4.69, 9.17) is 4.74 Å². The number of rotatable bonds is 6. The van der Waals surface area contributed by atoms with Gasteiger partial charge in [-0.05, 0) is 61.5 Å². The Balaban J connectivity index is 1.36. The number of carbonyl (C=O) groups excluding carboxylic acids is 3. The number of halogens is 1. The van der Waals surface area contributed by atoms with E-state index in [1.165, 1.54) is 28.8 Å². The summed E-state index contributed by atoms with van der Waals surface area (Å²) in [7, 11) is 0. The summed E-state index contributed by atoms with van der Waals surface area (Å²) in [6, 6.07) is 18.5. The number of amides is 3. The second-order valence-electron chi connectivity index (χ2n) is 9.66. The van der Waals surface area contributed by atoms with Gasteiger partial charge in [-0.1, -0.05) is 56.7 Å². The van der Waals surface area contributed by atoms with Crippen LogP contribution in [0.4, 0.5) is 11.4 Å². The van der Waals surface area contributed by atoms with Gasteiger partial charge >= 0.3 is 4.87 Å². The fourth-order valence-corrected chi connectivity index (χ4v) is 7.96. The lowest BCUT2D eigenvalue weighted by Gasteiger charge is -2.31. The summed E-state index contributed by atoms with van der Waals surface area (Å²) in [5.74, 6) is -2.16. The van der Waals surface area contributed by atoms with Crippen LogP contribution >= 0.6 is 39.0 Å². The number of benzene rings is 3. The molecule has 3 atom stereocenters. The first-order valence-electron chi connectivity index (χ1n) is 12.5. The van der Waals surface area contributed by atoms with Crippen molar-refractivity contribution < 1.29 is 24.2 Å². The van der Waals surface area contributed by atoms with Gasteiger partial charge in [0.2, 0.25) is 11.8 Å². The first kappa shape index (κ1) is 27.3. The number of anilines is 2. The zero-order valence-electron chi connectivity index (χ0n) is 21.4. The van der Waals surface area contributed by atoms with Crippen LogP contribution in [0.3, 0.4) is 0 Å². The van der Waals surface area contributed by atoms with E-state index in [9.17, 15) is 24.3 Å². The van der Waals surface area contributed by atoms with E-state index in [2.05, 4.69) is 26.2 Å². The molecule has 41 heavy (non-hydrogen) atoms. The number of phenols is 1. The van der Waals surface area contributed by atoms with E-state index in [1.807, 2.05) is 19.1 Å². The molecule has 0 radical (unpaired) electrons. The number of nitrogens with zero attached hydrogens (tertiary/aromatic N) is 1. The maximum atomic E-state index is 14.0. The Hall–Kier alpha value is -3.87. The van der Waals surface area contributed by atoms with E-state index < -0.39 is 23.0 Å². The van der Waals surface area contributed by atoms with Gasteiger partial charge in [0.25, 0.3) is 5.91 Å². The zero-order chi connectivity index (χ0) is 28.8. The van der Waals surface area contributed by atoms with Gasteiger partial charge in [0.05, 0.1) is 16.6 Å². The van der Waals surface area contributed by atoms with Crippen LogP contribution in [-0.2, 0) is 14.4 Å². The normalized spacial score (nSPS) is 19.6. The van der Waals surface area contributed by atoms with Crippen LogP contribution in [0.15, 0.2) is 81.0 Å². The number of thiazole rings is 1. The third-order valence-electron chi connectivity index (χ3n) is 6.93. The first-order chi connectivity index (χ1) is 19.7. The van der Waals surface area contributed by atoms with Crippen LogP contribution in [0.2, 0.25) is 0 Å². The van der Waals surface area contributed by atoms with E-state index in [0.29, 0.717) is 37.1 Å². The largest absolute Gasteiger partial charge is 0.508 e. The summed E-state index contributed by atoms with van der Waals surface area (Å²) >= 11 is 5.71. The Labute approximate surface area is 250 Å². The number of ether oxygens (including phenoxy) is 1. The molecule has 0 aliphatic carbocycles. The number of phenolic OH excluding ortho intramolecular Hbond substituents is 1. The molecule has 4 aromatic rings. The molecule has 208 valence electrons. The minimum Gasteiger partial charge on any atom is -0.508 e. The molecule has 1 saturated heterocycles. The van der Waals surface area contributed by atoms with Crippen LogP contribution < -0.4 is 19.8 Å². The molecular weight excluding hydrogens is 630 g/mol. The lowest BCUT2D eigenvalue weighted by Crippen LogP contribution is -2.32. The molecule has 0 spiro atoms. The molecule has 1 aromatic heterocycles. The highest BCUT2D eigenvalue weighted by atomic mass is 79.9. The maximum Gasteiger partial charge on any atom is 0.305 e. The standard InChI is InChI=1S/C29H22BrN3O6S2/c1-14-2-7-17(8-3-14)33-27(36)23-22(24-26(32-29(38)41-24)40-25(23)28(33)37)19-12-15(30)4-11-20(19)39-13-21(35)31-16-5-9-18(34)10-6-16/h2-12,22-23,25,34H,13H2,1H3,(H,31,35)(H,32,38)/t22-,23?,25?/m1/s1. The quantitative estimate of drug-likeness (QED) is 0.197. The highest BCUT2D eigenvalue weighted by Gasteiger charge is 2.56. The molecule has 3 N–H and O–H groups in total. The van der Waals surface area contributed by atoms with Crippen molar-refractivity contribution in [1.29, 1.82) is 0 Å². The molecule has 3 amide bonds. The Morgan fingerprint density at radius 1 is 1.05 bits per heavy atom. The fraction of sp³-hybridized carbons (Fsp3) is 0.172. The second-order valence-corrected chi connectivity index (χ2v) is 12.7. The summed E-state index contributed by atoms with van der Waals surface area (Å²) in [5.41, 5.74) is 2.57. The monoisotopic (exact) mass is 651 g/mol. The third kappa shape index (κ3) is 5.18. The minimum atomic E-state index is -0.796. The van der Waals surface area contributed by atoms with E-state index in [0.717, 1.165) is 16.9 Å². The number of fused-ring (bicyclic) bond motifs is 2. The number of H-pyrrole nitrogens is 1. The molecule has 9 nitrogen and oxygen atoms in total. The molecular formula is C29H22BrN3O6S2. The number of thioether (sulfide) groups is 1. The maximum absolute atomic E-state index is 14.0. The number of aromatic hydroxyl groups is 1. The predicted molar refractivity (Wildman–Crippen MR) is 160 cm³/mol. The molecule has 3 heterocycles. The number of hydrogen-bond donors (Lipinski definition) is 3. The third-order valence-corrected chi connectivity index (χ3v) is 9.83. The first-order valence-corrected chi connectivity index (χ1v) is 15.0. The van der Waals surface area contributed by atoms with Gasteiger partial charge in [0.1, 0.15) is 16.7 Å². The lowest BCUT2D eigenvalue weighted by atomic mass is 9.82. The van der Waals surface area contributed by atoms with Gasteiger partial charge in [-0.25, -0.2) is 4.90 Å². The Morgan fingerprint density at radius 2 is 1.78 bits per heavy atom. The van der Waals surface area contributed by atoms with Gasteiger partial charge in [0, 0.05) is 26.5 Å². The summed E-state index contributed by atoms with van der Waals surface area (Å²) in [4.78, 5) is 57.2. The zero-order valence-corrected chi connectivity index (χ0v) is 24.6. The average molecular weight is 653 g/mol. The van der Waals surface area contributed by atoms with E-state index in [-0.39, 0.29) is 29.0 Å². The molecule has 3 aromatic carbocycles. The molecule has 12 heteroatoms. The minimum absolute atomic E-state index is 0.0787. The number of imide groups is 1. The number of aromatic nitrogens is 1. The van der Waals surface area contributed by atoms with Crippen LogP contribution in [0.5, 0.6) is 11.5 Å². The molecule has 2 unspecified atom stereocenters. The van der Waals surface area contributed by atoms with Crippen LogP contribution in [0, 0.1) is 12.8 Å². The smallest absolute Gasteiger partial charge is 0.305 e. The Kier molecular flexibility index (Phi) is 7.22. The van der Waals surface area contributed by atoms with E-state index >= 15 is 0 Å². The van der Waals surface area contributed by atoms with Crippen molar-refractivity contribution in [2.45, 2.75) is 23.1 Å². The average Bonchev–Trinajstić information content (AvgIpc) is 3.44. The topological polar surface area (TPSA) is 129 Å². The number of aromatic amines is 1. The molecule has 2 aliphatic heterocycles. The number of hydrogen-bond acceptors (Lipinski definition) is 8. The van der Waals surface area contributed by atoms with E-state index in [1.54, 1.807) is 42.5 Å². The van der Waals surface area contributed by atoms with Gasteiger partial charge in [-0.2, -0.15) is 0 Å². The van der Waals surface area contributed by atoms with Crippen LogP contribution in [0.25, 0.3) is 0 Å². The van der Waals surface area contributed by atoms with Gasteiger partial charge in [-0.15, -0.1) is 0 Å². The van der Waals surface area contributed by atoms with Crippen molar-refractivity contribution in [3.05, 3.63) is 96.9 Å². The number of carbonyl (C=O) groups is 3. The molecule has 1 fully saturated rings. The van der Waals surface area contributed by atoms with Crippen molar-refractivity contribution in [3.8, 4) is 11.5 Å². The Morgan fingerprint density at radius 3 is 2.51 bits per heavy atom. The highest BCUT2D eigenvalue weighted by Crippen LogP contribution is 2.54. The summed E-state index contributed by atoms with van der Waals surface area (Å²) in [5, 5.41) is 12.0. The van der Waals surface area contributed by atoms with Gasteiger partial charge < -0.3 is 20.1 Å². The van der Waals surface area contributed by atoms with Crippen molar-refractivity contribution >= 4 is 68.1 Å².